The van der Waals surface area contributed by atoms with Gasteiger partial charge in [-0.3, -0.25) is 4.79 Å². The van der Waals surface area contributed by atoms with Gasteiger partial charge in [-0.05, 0) is 31.6 Å². The largest absolute Gasteiger partial charge is 0.352 e. The van der Waals surface area contributed by atoms with E-state index in [4.69, 9.17) is 11.6 Å². The van der Waals surface area contributed by atoms with Crippen molar-refractivity contribution in [3.8, 4) is 0 Å². The highest BCUT2D eigenvalue weighted by atomic mass is 35.5. The summed E-state index contributed by atoms with van der Waals surface area (Å²) in [5.74, 6) is -2.10. The molecule has 0 aliphatic heterocycles. The molecule has 3 nitrogen and oxygen atoms in total. The van der Waals surface area contributed by atoms with Gasteiger partial charge in [0, 0.05) is 6.54 Å². The van der Waals surface area contributed by atoms with Crippen LogP contribution in [0.5, 0.6) is 0 Å². The molecule has 1 rings (SSSR count). The van der Waals surface area contributed by atoms with Crippen LogP contribution in [-0.4, -0.2) is 26.0 Å². The number of carbonyl (C=O) groups excluding carboxylic acids is 1. The fraction of sp³-hybridized carbons (Fsp3) is 0.417. The highest BCUT2D eigenvalue weighted by Crippen LogP contribution is 2.19. The number of halogens is 3. The van der Waals surface area contributed by atoms with E-state index in [1.54, 1.807) is 7.05 Å². The molecule has 0 aliphatic rings. The average Bonchev–Trinajstić information content (AvgIpc) is 2.31. The third-order valence-electron chi connectivity index (χ3n) is 2.42. The molecule has 0 aromatic heterocycles. The fourth-order valence-corrected chi connectivity index (χ4v) is 1.63. The summed E-state index contributed by atoms with van der Waals surface area (Å²) in [5.41, 5.74) is -0.339. The lowest BCUT2D eigenvalue weighted by atomic mass is 10.1. The van der Waals surface area contributed by atoms with E-state index >= 15 is 0 Å². The van der Waals surface area contributed by atoms with Gasteiger partial charge in [0.2, 0.25) is 0 Å². The first-order chi connectivity index (χ1) is 8.45. The van der Waals surface area contributed by atoms with E-state index in [-0.39, 0.29) is 16.5 Å². The maximum absolute atomic E-state index is 13.4. The topological polar surface area (TPSA) is 41.1 Å². The van der Waals surface area contributed by atoms with Gasteiger partial charge in [-0.1, -0.05) is 18.5 Å². The van der Waals surface area contributed by atoms with Crippen molar-refractivity contribution in [3.63, 3.8) is 0 Å². The highest BCUT2D eigenvalue weighted by Gasteiger charge is 2.15. The fourth-order valence-electron chi connectivity index (χ4n) is 1.48. The van der Waals surface area contributed by atoms with E-state index in [1.165, 1.54) is 0 Å². The molecule has 0 heterocycles. The van der Waals surface area contributed by atoms with Crippen LogP contribution >= 0.6 is 11.6 Å². The average molecular weight is 277 g/mol. The molecule has 1 unspecified atom stereocenters. The van der Waals surface area contributed by atoms with Gasteiger partial charge in [-0.25, -0.2) is 8.78 Å². The van der Waals surface area contributed by atoms with Crippen LogP contribution in [0.15, 0.2) is 12.1 Å². The van der Waals surface area contributed by atoms with Crippen LogP contribution in [0.1, 0.15) is 17.3 Å². The molecule has 0 bridgehead atoms. The molecular formula is C12H15ClF2N2O. The summed E-state index contributed by atoms with van der Waals surface area (Å²) < 4.78 is 26.6. The number of amides is 1. The summed E-state index contributed by atoms with van der Waals surface area (Å²) in [4.78, 5) is 11.7. The van der Waals surface area contributed by atoms with Crippen LogP contribution in [0.2, 0.25) is 5.02 Å². The van der Waals surface area contributed by atoms with Gasteiger partial charge in [0.15, 0.2) is 0 Å². The second-order valence-corrected chi connectivity index (χ2v) is 4.53. The van der Waals surface area contributed by atoms with Crippen molar-refractivity contribution < 1.29 is 13.6 Å². The first-order valence-corrected chi connectivity index (χ1v) is 5.90. The van der Waals surface area contributed by atoms with E-state index in [9.17, 15) is 13.6 Å². The molecule has 100 valence electrons. The molecule has 1 aromatic carbocycles. The summed E-state index contributed by atoms with van der Waals surface area (Å²) in [6, 6.07) is 1.60. The summed E-state index contributed by atoms with van der Waals surface area (Å²) >= 11 is 5.40. The Kier molecular flexibility index (Phi) is 5.50. The third kappa shape index (κ3) is 3.92. The molecule has 0 fully saturated rings. The Morgan fingerprint density at radius 2 is 2.00 bits per heavy atom. The van der Waals surface area contributed by atoms with Crippen LogP contribution in [0.25, 0.3) is 0 Å². The number of nitrogens with one attached hydrogen (secondary N) is 2. The Bertz CT molecular complexity index is 440. The molecule has 0 spiro atoms. The second-order valence-electron chi connectivity index (χ2n) is 4.12. The van der Waals surface area contributed by atoms with E-state index in [2.05, 4.69) is 10.6 Å². The monoisotopic (exact) mass is 276 g/mol. The molecule has 2 N–H and O–H groups in total. The second kappa shape index (κ2) is 6.66. The maximum atomic E-state index is 13.4. The molecule has 0 saturated carbocycles. The molecule has 1 atom stereocenters. The molecular weight excluding hydrogens is 262 g/mol. The predicted octanol–water partition coefficient (Wildman–Crippen LogP) is 2.20. The molecule has 0 aliphatic carbocycles. The van der Waals surface area contributed by atoms with Crippen molar-refractivity contribution in [3.05, 3.63) is 34.4 Å². The number of carbonyl (C=O) groups is 1. The van der Waals surface area contributed by atoms with Crippen LogP contribution < -0.4 is 10.6 Å². The minimum Gasteiger partial charge on any atom is -0.352 e. The summed E-state index contributed by atoms with van der Waals surface area (Å²) in [6.45, 7) is 3.02. The van der Waals surface area contributed by atoms with Crippen molar-refractivity contribution in [2.24, 2.45) is 5.92 Å². The molecule has 6 heteroatoms. The standard InChI is InChI=1S/C12H15ClF2N2O/c1-7(5-16-2)6-17-12(18)8-3-11(15)9(13)4-10(8)14/h3-4,7,16H,5-6H2,1-2H3,(H,17,18). The molecule has 0 radical (unpaired) electrons. The van der Waals surface area contributed by atoms with Gasteiger partial charge in [-0.15, -0.1) is 0 Å². The lowest BCUT2D eigenvalue weighted by Gasteiger charge is -2.12. The van der Waals surface area contributed by atoms with Crippen molar-refractivity contribution in [1.82, 2.24) is 10.6 Å². The summed E-state index contributed by atoms with van der Waals surface area (Å²) in [6.07, 6.45) is 0. The quantitative estimate of drug-likeness (QED) is 0.810. The van der Waals surface area contributed by atoms with Crippen molar-refractivity contribution in [2.45, 2.75) is 6.92 Å². The normalized spacial score (nSPS) is 12.3. The zero-order valence-electron chi connectivity index (χ0n) is 10.2. The zero-order chi connectivity index (χ0) is 13.7. The van der Waals surface area contributed by atoms with E-state index in [0.29, 0.717) is 6.54 Å². The Labute approximate surface area is 110 Å². The number of benzene rings is 1. The maximum Gasteiger partial charge on any atom is 0.254 e. The number of hydrogen-bond donors (Lipinski definition) is 2. The number of rotatable bonds is 5. The van der Waals surface area contributed by atoms with Gasteiger partial charge in [-0.2, -0.15) is 0 Å². The van der Waals surface area contributed by atoms with Crippen LogP contribution in [0.4, 0.5) is 8.78 Å². The predicted molar refractivity (Wildman–Crippen MR) is 66.8 cm³/mol. The van der Waals surface area contributed by atoms with Gasteiger partial charge in [0.1, 0.15) is 11.6 Å². The van der Waals surface area contributed by atoms with Crippen molar-refractivity contribution in [2.75, 3.05) is 20.1 Å². The SMILES string of the molecule is CNCC(C)CNC(=O)c1cc(F)c(Cl)cc1F. The van der Waals surface area contributed by atoms with E-state index < -0.39 is 17.5 Å². The summed E-state index contributed by atoms with van der Waals surface area (Å²) in [5, 5.41) is 5.16. The first-order valence-electron chi connectivity index (χ1n) is 5.53. The molecule has 18 heavy (non-hydrogen) atoms. The Morgan fingerprint density at radius 3 is 2.61 bits per heavy atom. The van der Waals surface area contributed by atoms with Crippen LogP contribution in [-0.2, 0) is 0 Å². The van der Waals surface area contributed by atoms with E-state index in [1.807, 2.05) is 6.92 Å². The van der Waals surface area contributed by atoms with Gasteiger partial charge >= 0.3 is 0 Å². The van der Waals surface area contributed by atoms with E-state index in [0.717, 1.165) is 18.7 Å². The minimum atomic E-state index is -0.833. The summed E-state index contributed by atoms with van der Waals surface area (Å²) in [7, 11) is 1.80. The smallest absolute Gasteiger partial charge is 0.254 e. The Morgan fingerprint density at radius 1 is 1.33 bits per heavy atom. The third-order valence-corrected chi connectivity index (χ3v) is 2.71. The zero-order valence-corrected chi connectivity index (χ0v) is 10.9. The van der Waals surface area contributed by atoms with Crippen molar-refractivity contribution >= 4 is 17.5 Å². The molecule has 1 amide bonds. The van der Waals surface area contributed by atoms with Gasteiger partial charge in [0.05, 0.1) is 10.6 Å². The van der Waals surface area contributed by atoms with Gasteiger partial charge < -0.3 is 10.6 Å². The lowest BCUT2D eigenvalue weighted by molar-refractivity contribution is 0.0943. The van der Waals surface area contributed by atoms with Crippen LogP contribution in [0, 0.1) is 17.6 Å². The molecule has 0 saturated heterocycles. The van der Waals surface area contributed by atoms with Crippen molar-refractivity contribution in [1.29, 1.82) is 0 Å². The number of hydrogen-bond acceptors (Lipinski definition) is 2. The Hall–Kier alpha value is -1.20. The van der Waals surface area contributed by atoms with Crippen LogP contribution in [0.3, 0.4) is 0 Å². The Balaban J connectivity index is 2.70. The lowest BCUT2D eigenvalue weighted by Crippen LogP contribution is -2.32. The molecule has 1 aromatic rings. The minimum absolute atomic E-state index is 0.194. The van der Waals surface area contributed by atoms with Gasteiger partial charge in [0.25, 0.3) is 5.91 Å². The highest BCUT2D eigenvalue weighted by molar-refractivity contribution is 6.30. The first kappa shape index (κ1) is 14.9.